The van der Waals surface area contributed by atoms with Crippen LogP contribution in [0, 0.1) is 12.8 Å². The van der Waals surface area contributed by atoms with Crippen LogP contribution in [0.25, 0.3) is 0 Å². The first-order valence-corrected chi connectivity index (χ1v) is 6.52. The van der Waals surface area contributed by atoms with Crippen LogP contribution in [0.15, 0.2) is 11.4 Å². The molecule has 0 radical (unpaired) electrons. The van der Waals surface area contributed by atoms with Crippen molar-refractivity contribution in [1.82, 2.24) is 9.55 Å². The highest BCUT2D eigenvalue weighted by Gasteiger charge is 2.20. The van der Waals surface area contributed by atoms with E-state index in [4.69, 9.17) is 5.11 Å². The van der Waals surface area contributed by atoms with E-state index in [2.05, 4.69) is 9.55 Å². The maximum atomic E-state index is 10.5. The van der Waals surface area contributed by atoms with E-state index >= 15 is 0 Å². The van der Waals surface area contributed by atoms with Gasteiger partial charge in [-0.05, 0) is 25.7 Å². The predicted octanol–water partition coefficient (Wildman–Crippen LogP) is 2.17. The lowest BCUT2D eigenvalue weighted by molar-refractivity contribution is -0.133. The van der Waals surface area contributed by atoms with E-state index in [1.807, 2.05) is 13.1 Å². The Morgan fingerprint density at radius 1 is 1.69 bits per heavy atom. The second-order valence-electron chi connectivity index (χ2n) is 4.27. The van der Waals surface area contributed by atoms with Crippen LogP contribution in [0.1, 0.15) is 25.0 Å². The van der Waals surface area contributed by atoms with Gasteiger partial charge in [0.2, 0.25) is 0 Å². The number of aryl methyl sites for hydroxylation is 1. The molecule has 0 aliphatic heterocycles. The Kier molecular flexibility index (Phi) is 3.53. The zero-order valence-electron chi connectivity index (χ0n) is 9.35. The number of carboxylic acids is 1. The average Bonchev–Trinajstić information content (AvgIpc) is 2.50. The van der Waals surface area contributed by atoms with E-state index in [9.17, 15) is 4.79 Å². The van der Waals surface area contributed by atoms with Gasteiger partial charge in [-0.25, -0.2) is 4.98 Å². The first-order valence-electron chi connectivity index (χ1n) is 5.53. The minimum atomic E-state index is -0.791. The molecule has 5 heteroatoms. The van der Waals surface area contributed by atoms with Crippen LogP contribution in [0.2, 0.25) is 0 Å². The Labute approximate surface area is 99.1 Å². The molecule has 16 heavy (non-hydrogen) atoms. The predicted molar refractivity (Wildman–Crippen MR) is 62.7 cm³/mol. The lowest BCUT2D eigenvalue weighted by Crippen LogP contribution is -2.19. The molecule has 0 spiro atoms. The average molecular weight is 240 g/mol. The molecule has 0 aromatic carbocycles. The van der Waals surface area contributed by atoms with Crippen LogP contribution in [0.3, 0.4) is 0 Å². The van der Waals surface area contributed by atoms with Gasteiger partial charge >= 0.3 is 5.97 Å². The number of carbonyl (C=O) groups is 1. The molecule has 1 aromatic heterocycles. The molecule has 1 aromatic rings. The fourth-order valence-corrected chi connectivity index (χ4v) is 2.59. The van der Waals surface area contributed by atoms with Crippen molar-refractivity contribution in [3.05, 3.63) is 11.9 Å². The van der Waals surface area contributed by atoms with E-state index in [-0.39, 0.29) is 5.75 Å². The first-order chi connectivity index (χ1) is 7.66. The summed E-state index contributed by atoms with van der Waals surface area (Å²) in [4.78, 5) is 14.8. The maximum Gasteiger partial charge on any atom is 0.313 e. The third-order valence-electron chi connectivity index (χ3n) is 3.01. The smallest absolute Gasteiger partial charge is 0.313 e. The molecule has 0 saturated heterocycles. The number of carboxylic acid groups (broad SMARTS) is 1. The first kappa shape index (κ1) is 11.5. The number of hydrogen-bond acceptors (Lipinski definition) is 3. The SMILES string of the molecule is Cc1cnc(SCC(=O)O)n1CC1CCC1. The van der Waals surface area contributed by atoms with Gasteiger partial charge in [-0.3, -0.25) is 4.79 Å². The number of imidazole rings is 1. The molecule has 1 aliphatic carbocycles. The van der Waals surface area contributed by atoms with E-state index in [0.717, 1.165) is 23.3 Å². The summed E-state index contributed by atoms with van der Waals surface area (Å²) in [5, 5.41) is 9.49. The quantitative estimate of drug-likeness (QED) is 0.801. The molecule has 1 heterocycles. The highest BCUT2D eigenvalue weighted by atomic mass is 32.2. The van der Waals surface area contributed by atoms with Crippen molar-refractivity contribution in [2.24, 2.45) is 5.92 Å². The molecule has 0 unspecified atom stereocenters. The summed E-state index contributed by atoms with van der Waals surface area (Å²) in [5.74, 6) is 0.0547. The number of nitrogens with zero attached hydrogens (tertiary/aromatic N) is 2. The van der Waals surface area contributed by atoms with E-state index in [0.29, 0.717) is 0 Å². The molecule has 4 nitrogen and oxygen atoms in total. The third-order valence-corrected chi connectivity index (χ3v) is 3.98. The summed E-state index contributed by atoms with van der Waals surface area (Å²) in [6, 6.07) is 0. The molecule has 1 aliphatic rings. The van der Waals surface area contributed by atoms with Crippen LogP contribution >= 0.6 is 11.8 Å². The molecule has 1 N–H and O–H groups in total. The van der Waals surface area contributed by atoms with Gasteiger partial charge in [0.15, 0.2) is 5.16 Å². The second-order valence-corrected chi connectivity index (χ2v) is 5.21. The van der Waals surface area contributed by atoms with Gasteiger partial charge in [0.25, 0.3) is 0 Å². The van der Waals surface area contributed by atoms with Gasteiger partial charge in [0, 0.05) is 18.4 Å². The molecule has 1 saturated carbocycles. The minimum absolute atomic E-state index is 0.0844. The van der Waals surface area contributed by atoms with Crippen molar-refractivity contribution in [2.45, 2.75) is 37.9 Å². The summed E-state index contributed by atoms with van der Waals surface area (Å²) in [5.41, 5.74) is 1.12. The van der Waals surface area contributed by atoms with Gasteiger partial charge in [-0.15, -0.1) is 0 Å². The Hall–Kier alpha value is -0.970. The summed E-state index contributed by atoms with van der Waals surface area (Å²) < 4.78 is 2.15. The Balaban J connectivity index is 2.02. The largest absolute Gasteiger partial charge is 0.481 e. The van der Waals surface area contributed by atoms with Crippen LogP contribution in [-0.4, -0.2) is 26.4 Å². The molecule has 1 fully saturated rings. The molecule has 0 bridgehead atoms. The van der Waals surface area contributed by atoms with Crippen molar-refractivity contribution in [3.63, 3.8) is 0 Å². The number of aliphatic carboxylic acids is 1. The van der Waals surface area contributed by atoms with Crippen LogP contribution in [0.5, 0.6) is 0 Å². The second kappa shape index (κ2) is 4.91. The monoisotopic (exact) mass is 240 g/mol. The Bertz CT molecular complexity index is 385. The summed E-state index contributed by atoms with van der Waals surface area (Å²) >= 11 is 1.30. The van der Waals surface area contributed by atoms with Crippen LogP contribution in [0.4, 0.5) is 0 Å². The van der Waals surface area contributed by atoms with Crippen LogP contribution in [-0.2, 0) is 11.3 Å². The third kappa shape index (κ3) is 2.58. The van der Waals surface area contributed by atoms with E-state index < -0.39 is 5.97 Å². The molecule has 0 atom stereocenters. The summed E-state index contributed by atoms with van der Waals surface area (Å²) in [7, 11) is 0. The Morgan fingerprint density at radius 2 is 2.44 bits per heavy atom. The highest BCUT2D eigenvalue weighted by molar-refractivity contribution is 7.99. The molecular weight excluding hydrogens is 224 g/mol. The Morgan fingerprint density at radius 3 is 3.00 bits per heavy atom. The van der Waals surface area contributed by atoms with Gasteiger partial charge in [0.1, 0.15) is 0 Å². The standard InChI is InChI=1S/C11H16N2O2S/c1-8-5-12-11(16-7-10(14)15)13(8)6-9-3-2-4-9/h5,9H,2-4,6-7H2,1H3,(H,14,15). The lowest BCUT2D eigenvalue weighted by atomic mass is 9.85. The van der Waals surface area contributed by atoms with Crippen molar-refractivity contribution >= 4 is 17.7 Å². The highest BCUT2D eigenvalue weighted by Crippen LogP contribution is 2.30. The minimum Gasteiger partial charge on any atom is -0.481 e. The molecule has 88 valence electrons. The molecule has 0 amide bonds. The number of hydrogen-bond donors (Lipinski definition) is 1. The van der Waals surface area contributed by atoms with Crippen molar-refractivity contribution in [3.8, 4) is 0 Å². The summed E-state index contributed by atoms with van der Waals surface area (Å²) in [6.07, 6.45) is 5.74. The number of aromatic nitrogens is 2. The van der Waals surface area contributed by atoms with Crippen molar-refractivity contribution in [1.29, 1.82) is 0 Å². The number of thioether (sulfide) groups is 1. The van der Waals surface area contributed by atoms with Gasteiger partial charge < -0.3 is 9.67 Å². The summed E-state index contributed by atoms with van der Waals surface area (Å²) in [6.45, 7) is 3.02. The zero-order chi connectivity index (χ0) is 11.5. The van der Waals surface area contributed by atoms with E-state index in [1.54, 1.807) is 0 Å². The molecule has 2 rings (SSSR count). The fourth-order valence-electron chi connectivity index (χ4n) is 1.84. The van der Waals surface area contributed by atoms with Crippen molar-refractivity contribution < 1.29 is 9.90 Å². The zero-order valence-corrected chi connectivity index (χ0v) is 10.2. The lowest BCUT2D eigenvalue weighted by Gasteiger charge is -2.26. The van der Waals surface area contributed by atoms with Crippen LogP contribution < -0.4 is 0 Å². The van der Waals surface area contributed by atoms with Gasteiger partial charge in [-0.1, -0.05) is 18.2 Å². The van der Waals surface area contributed by atoms with Gasteiger partial charge in [-0.2, -0.15) is 0 Å². The topological polar surface area (TPSA) is 55.1 Å². The molecular formula is C11H16N2O2S. The maximum absolute atomic E-state index is 10.5. The van der Waals surface area contributed by atoms with Crippen molar-refractivity contribution in [2.75, 3.05) is 5.75 Å². The van der Waals surface area contributed by atoms with Gasteiger partial charge in [0.05, 0.1) is 5.75 Å². The van der Waals surface area contributed by atoms with E-state index in [1.165, 1.54) is 31.0 Å². The fraction of sp³-hybridized carbons (Fsp3) is 0.636. The number of rotatable bonds is 5. The normalized spacial score (nSPS) is 16.1.